The zero-order valence-electron chi connectivity index (χ0n) is 13.4. The largest absolute Gasteiger partial charge is 0.496 e. The molecule has 4 nitrogen and oxygen atoms in total. The summed E-state index contributed by atoms with van der Waals surface area (Å²) in [5, 5.41) is 6.27. The van der Waals surface area contributed by atoms with Crippen LogP contribution < -0.4 is 5.46 Å². The standard InChI is InChI=1S/C15H19BCl2N2O2/c1-6-20-13(18)11-10(19-20)8-7-9(12(11)17)16-21-14(2,3)15(4,5)22-16/h7-8H,6H2,1-5H3. The Morgan fingerprint density at radius 1 is 1.14 bits per heavy atom. The summed E-state index contributed by atoms with van der Waals surface area (Å²) in [5.74, 6) is 0. The lowest BCUT2D eigenvalue weighted by Crippen LogP contribution is -2.41. The van der Waals surface area contributed by atoms with Crippen LogP contribution in [0.15, 0.2) is 12.1 Å². The summed E-state index contributed by atoms with van der Waals surface area (Å²) in [4.78, 5) is 0. The molecule has 7 heteroatoms. The SMILES string of the molecule is CCn1nc2ccc(B3OC(C)(C)C(C)(C)O3)c(Cl)c2c1Cl. The predicted octanol–water partition coefficient (Wildman–Crippen LogP) is 3.66. The van der Waals surface area contributed by atoms with Gasteiger partial charge in [0.05, 0.1) is 27.1 Å². The smallest absolute Gasteiger partial charge is 0.399 e. The third-order valence-corrected chi connectivity index (χ3v) is 5.41. The number of rotatable bonds is 2. The Hall–Kier alpha value is -0.745. The Kier molecular flexibility index (Phi) is 3.76. The third kappa shape index (κ3) is 2.26. The Balaban J connectivity index is 2.10. The zero-order chi connectivity index (χ0) is 16.3. The molecule has 0 spiro atoms. The molecule has 0 unspecified atom stereocenters. The lowest BCUT2D eigenvalue weighted by molar-refractivity contribution is 0.00578. The topological polar surface area (TPSA) is 36.3 Å². The fourth-order valence-corrected chi connectivity index (χ4v) is 3.26. The van der Waals surface area contributed by atoms with E-state index in [1.54, 1.807) is 4.68 Å². The number of fused-ring (bicyclic) bond motifs is 1. The zero-order valence-corrected chi connectivity index (χ0v) is 14.9. The van der Waals surface area contributed by atoms with Gasteiger partial charge in [-0.05, 0) is 40.7 Å². The van der Waals surface area contributed by atoms with E-state index in [1.165, 1.54) is 0 Å². The van der Waals surface area contributed by atoms with Crippen LogP contribution in [0.25, 0.3) is 10.9 Å². The highest BCUT2D eigenvalue weighted by atomic mass is 35.5. The quantitative estimate of drug-likeness (QED) is 0.783. The Morgan fingerprint density at radius 2 is 1.73 bits per heavy atom. The maximum absolute atomic E-state index is 6.59. The van der Waals surface area contributed by atoms with E-state index in [9.17, 15) is 0 Å². The molecule has 0 aliphatic carbocycles. The van der Waals surface area contributed by atoms with Crippen molar-refractivity contribution in [3.8, 4) is 0 Å². The van der Waals surface area contributed by atoms with Crippen molar-refractivity contribution in [1.29, 1.82) is 0 Å². The summed E-state index contributed by atoms with van der Waals surface area (Å²) in [6.07, 6.45) is 0. The highest BCUT2D eigenvalue weighted by Gasteiger charge is 2.52. The second-order valence-electron chi connectivity index (χ2n) is 6.56. The van der Waals surface area contributed by atoms with Crippen molar-refractivity contribution in [1.82, 2.24) is 9.78 Å². The number of hydrogen-bond acceptors (Lipinski definition) is 3. The van der Waals surface area contributed by atoms with Gasteiger partial charge in [-0.25, -0.2) is 0 Å². The van der Waals surface area contributed by atoms with Crippen molar-refractivity contribution in [3.63, 3.8) is 0 Å². The number of aromatic nitrogens is 2. The second-order valence-corrected chi connectivity index (χ2v) is 7.29. The third-order valence-electron chi connectivity index (χ3n) is 4.62. The summed E-state index contributed by atoms with van der Waals surface area (Å²) in [6.45, 7) is 10.7. The maximum atomic E-state index is 6.59. The molecule has 0 atom stereocenters. The molecule has 118 valence electrons. The van der Waals surface area contributed by atoms with Gasteiger partial charge in [-0.2, -0.15) is 5.10 Å². The molecule has 1 saturated heterocycles. The van der Waals surface area contributed by atoms with Gasteiger partial charge in [-0.15, -0.1) is 0 Å². The minimum Gasteiger partial charge on any atom is -0.399 e. The normalized spacial score (nSPS) is 20.0. The summed E-state index contributed by atoms with van der Waals surface area (Å²) in [6, 6.07) is 3.80. The molecule has 1 aromatic carbocycles. The van der Waals surface area contributed by atoms with Gasteiger partial charge in [0.2, 0.25) is 0 Å². The number of hydrogen-bond donors (Lipinski definition) is 0. The molecule has 1 aromatic heterocycles. The van der Waals surface area contributed by atoms with Gasteiger partial charge in [0, 0.05) is 12.0 Å². The van der Waals surface area contributed by atoms with Crippen molar-refractivity contribution in [2.75, 3.05) is 0 Å². The minimum atomic E-state index is -0.511. The highest BCUT2D eigenvalue weighted by Crippen LogP contribution is 2.38. The summed E-state index contributed by atoms with van der Waals surface area (Å²) in [7, 11) is -0.511. The molecule has 0 bridgehead atoms. The molecular formula is C15H19BCl2N2O2. The van der Waals surface area contributed by atoms with Crippen LogP contribution in [0, 0.1) is 0 Å². The van der Waals surface area contributed by atoms with Crippen LogP contribution in [-0.4, -0.2) is 28.1 Å². The number of halogens is 2. The lowest BCUT2D eigenvalue weighted by atomic mass is 9.78. The van der Waals surface area contributed by atoms with Crippen LogP contribution in [0.4, 0.5) is 0 Å². The van der Waals surface area contributed by atoms with E-state index in [0.717, 1.165) is 16.4 Å². The molecule has 1 fully saturated rings. The second kappa shape index (κ2) is 5.13. The molecule has 2 aromatic rings. The van der Waals surface area contributed by atoms with E-state index >= 15 is 0 Å². The van der Waals surface area contributed by atoms with Gasteiger partial charge in [0.1, 0.15) is 5.15 Å². The van der Waals surface area contributed by atoms with Crippen LogP contribution in [0.2, 0.25) is 10.2 Å². The molecular weight excluding hydrogens is 322 g/mol. The van der Waals surface area contributed by atoms with Crippen molar-refractivity contribution in [2.24, 2.45) is 0 Å². The predicted molar refractivity (Wildman–Crippen MR) is 91.1 cm³/mol. The average molecular weight is 341 g/mol. The maximum Gasteiger partial charge on any atom is 0.496 e. The summed E-state index contributed by atoms with van der Waals surface area (Å²) in [5.41, 5.74) is 0.739. The molecule has 0 N–H and O–H groups in total. The van der Waals surface area contributed by atoms with Gasteiger partial charge in [0.15, 0.2) is 0 Å². The van der Waals surface area contributed by atoms with Gasteiger partial charge < -0.3 is 9.31 Å². The van der Waals surface area contributed by atoms with Gasteiger partial charge in [-0.1, -0.05) is 29.3 Å². The Labute approximate surface area is 140 Å². The van der Waals surface area contributed by atoms with E-state index in [1.807, 2.05) is 46.8 Å². The number of nitrogens with zero attached hydrogens (tertiary/aromatic N) is 2. The fraction of sp³-hybridized carbons (Fsp3) is 0.533. The molecule has 1 aliphatic heterocycles. The van der Waals surface area contributed by atoms with E-state index in [-0.39, 0.29) is 0 Å². The van der Waals surface area contributed by atoms with Gasteiger partial charge >= 0.3 is 7.12 Å². The van der Waals surface area contributed by atoms with Crippen LogP contribution in [0.5, 0.6) is 0 Å². The molecule has 0 radical (unpaired) electrons. The van der Waals surface area contributed by atoms with Crippen molar-refractivity contribution < 1.29 is 9.31 Å². The Bertz CT molecular complexity index is 727. The van der Waals surface area contributed by atoms with Crippen LogP contribution in [-0.2, 0) is 15.9 Å². The lowest BCUT2D eigenvalue weighted by Gasteiger charge is -2.32. The Morgan fingerprint density at radius 3 is 2.27 bits per heavy atom. The average Bonchev–Trinajstić information content (AvgIpc) is 2.85. The first-order chi connectivity index (χ1) is 10.2. The molecule has 0 saturated carbocycles. The van der Waals surface area contributed by atoms with E-state index < -0.39 is 18.3 Å². The van der Waals surface area contributed by atoms with Crippen molar-refractivity contribution >= 4 is 46.7 Å². The summed E-state index contributed by atoms with van der Waals surface area (Å²) >= 11 is 13.0. The first-order valence-electron chi connectivity index (χ1n) is 7.38. The van der Waals surface area contributed by atoms with Crippen molar-refractivity contribution in [3.05, 3.63) is 22.3 Å². The van der Waals surface area contributed by atoms with Gasteiger partial charge in [0.25, 0.3) is 0 Å². The van der Waals surface area contributed by atoms with E-state index in [0.29, 0.717) is 16.7 Å². The molecule has 22 heavy (non-hydrogen) atoms. The first-order valence-corrected chi connectivity index (χ1v) is 8.13. The number of benzene rings is 1. The van der Waals surface area contributed by atoms with Gasteiger partial charge in [-0.3, -0.25) is 4.68 Å². The van der Waals surface area contributed by atoms with Crippen LogP contribution >= 0.6 is 23.2 Å². The summed E-state index contributed by atoms with van der Waals surface area (Å²) < 4.78 is 13.9. The molecule has 3 rings (SSSR count). The molecule has 1 aliphatic rings. The fourth-order valence-electron chi connectivity index (χ4n) is 2.53. The molecule has 2 heterocycles. The van der Waals surface area contributed by atoms with Crippen LogP contribution in [0.3, 0.4) is 0 Å². The van der Waals surface area contributed by atoms with E-state index in [4.69, 9.17) is 32.5 Å². The van der Waals surface area contributed by atoms with Crippen molar-refractivity contribution in [2.45, 2.75) is 52.4 Å². The van der Waals surface area contributed by atoms with E-state index in [2.05, 4.69) is 5.10 Å². The monoisotopic (exact) mass is 340 g/mol. The first kappa shape index (κ1) is 16.1. The molecule has 0 amide bonds. The highest BCUT2D eigenvalue weighted by molar-refractivity contribution is 6.67. The number of aryl methyl sites for hydroxylation is 1. The van der Waals surface area contributed by atoms with Crippen LogP contribution in [0.1, 0.15) is 34.6 Å². The minimum absolute atomic E-state index is 0.409.